The van der Waals surface area contributed by atoms with Gasteiger partial charge in [-0.3, -0.25) is 0 Å². The summed E-state index contributed by atoms with van der Waals surface area (Å²) < 4.78 is 16.4. The van der Waals surface area contributed by atoms with Crippen LogP contribution in [0.25, 0.3) is 0 Å². The van der Waals surface area contributed by atoms with E-state index in [-0.39, 0.29) is 24.0 Å². The van der Waals surface area contributed by atoms with Gasteiger partial charge in [0, 0.05) is 12.1 Å². The maximum absolute atomic E-state index is 6.28. The molecule has 1 aliphatic heterocycles. The zero-order chi connectivity index (χ0) is 17.6. The van der Waals surface area contributed by atoms with Crippen molar-refractivity contribution in [1.29, 1.82) is 0 Å². The highest BCUT2D eigenvalue weighted by Crippen LogP contribution is 2.38. The maximum atomic E-state index is 6.28. The van der Waals surface area contributed by atoms with Gasteiger partial charge in [-0.05, 0) is 42.0 Å². The number of benzene rings is 2. The molecule has 0 radical (unpaired) electrons. The molecule has 0 fully saturated rings. The van der Waals surface area contributed by atoms with Crippen molar-refractivity contribution in [1.82, 2.24) is 0 Å². The third-order valence-corrected chi connectivity index (χ3v) is 3.94. The highest BCUT2D eigenvalue weighted by molar-refractivity contribution is 14.0. The van der Waals surface area contributed by atoms with E-state index in [0.29, 0.717) is 42.2 Å². The van der Waals surface area contributed by atoms with Crippen molar-refractivity contribution in [3.8, 4) is 17.2 Å². The topological polar surface area (TPSA) is 78.1 Å². The molecule has 0 aromatic heterocycles. The number of nitrogens with zero attached hydrogens (tertiary/aromatic N) is 1. The summed E-state index contributed by atoms with van der Waals surface area (Å²) in [5, 5.41) is 3.55. The van der Waals surface area contributed by atoms with Crippen molar-refractivity contribution >= 4 is 47.2 Å². The lowest BCUT2D eigenvalue weighted by Crippen LogP contribution is -2.22. The lowest BCUT2D eigenvalue weighted by Gasteiger charge is -2.11. The third kappa shape index (κ3) is 5.31. The number of nitrogens with two attached hydrogens (primary N) is 1. The lowest BCUT2D eigenvalue weighted by molar-refractivity contribution is 0.297. The molecule has 0 saturated heterocycles. The average molecular weight is 490 g/mol. The summed E-state index contributed by atoms with van der Waals surface area (Å²) in [6, 6.07) is 11.1. The van der Waals surface area contributed by atoms with E-state index in [1.807, 2.05) is 36.4 Å². The van der Waals surface area contributed by atoms with E-state index in [1.165, 1.54) is 0 Å². The standard InChI is InChI=1S/C18H20ClN3O3.HI/c1-23-14-5-3-13(4-6-14)22-18(20)21-11-12-9-15(19)17-16(10-12)24-7-2-8-25-17;/h3-6,9-10H,2,7-8,11H2,1H3,(H3,20,21,22);1H. The summed E-state index contributed by atoms with van der Waals surface area (Å²) in [5.41, 5.74) is 7.67. The predicted molar refractivity (Wildman–Crippen MR) is 114 cm³/mol. The summed E-state index contributed by atoms with van der Waals surface area (Å²) in [6.45, 7) is 1.59. The van der Waals surface area contributed by atoms with Crippen LogP contribution in [-0.4, -0.2) is 26.3 Å². The second kappa shape index (κ2) is 9.72. The number of nitrogens with one attached hydrogen (secondary N) is 1. The van der Waals surface area contributed by atoms with Crippen LogP contribution >= 0.6 is 35.6 Å². The van der Waals surface area contributed by atoms with E-state index in [4.69, 9.17) is 31.5 Å². The smallest absolute Gasteiger partial charge is 0.193 e. The molecule has 1 aliphatic rings. The molecule has 2 aromatic carbocycles. The first-order chi connectivity index (χ1) is 12.2. The van der Waals surface area contributed by atoms with E-state index in [1.54, 1.807) is 7.11 Å². The Labute approximate surface area is 174 Å². The minimum absolute atomic E-state index is 0. The molecule has 0 amide bonds. The Kier molecular flexibility index (Phi) is 7.65. The predicted octanol–water partition coefficient (Wildman–Crippen LogP) is 4.05. The highest BCUT2D eigenvalue weighted by Gasteiger charge is 2.15. The van der Waals surface area contributed by atoms with Crippen LogP contribution in [0.1, 0.15) is 12.0 Å². The number of halogens is 2. The number of hydrogen-bond donors (Lipinski definition) is 2. The second-order valence-electron chi connectivity index (χ2n) is 5.51. The van der Waals surface area contributed by atoms with Gasteiger partial charge in [0.1, 0.15) is 5.75 Å². The first-order valence-corrected chi connectivity index (χ1v) is 8.32. The molecule has 1 heterocycles. The number of rotatable bonds is 4. The fourth-order valence-electron chi connectivity index (χ4n) is 2.41. The molecule has 8 heteroatoms. The monoisotopic (exact) mass is 489 g/mol. The first kappa shape index (κ1) is 20.4. The maximum Gasteiger partial charge on any atom is 0.193 e. The number of guanidine groups is 1. The van der Waals surface area contributed by atoms with Gasteiger partial charge in [-0.25, -0.2) is 4.99 Å². The van der Waals surface area contributed by atoms with Crippen LogP contribution in [0.5, 0.6) is 17.2 Å². The molecule has 0 saturated carbocycles. The van der Waals surface area contributed by atoms with Crippen molar-refractivity contribution in [3.63, 3.8) is 0 Å². The summed E-state index contributed by atoms with van der Waals surface area (Å²) in [6.07, 6.45) is 0.831. The van der Waals surface area contributed by atoms with Crippen LogP contribution in [0.3, 0.4) is 0 Å². The van der Waals surface area contributed by atoms with Gasteiger partial charge in [0.2, 0.25) is 0 Å². The highest BCUT2D eigenvalue weighted by atomic mass is 127. The quantitative estimate of drug-likeness (QED) is 0.385. The molecule has 2 aromatic rings. The largest absolute Gasteiger partial charge is 0.497 e. The Morgan fingerprint density at radius 2 is 1.96 bits per heavy atom. The van der Waals surface area contributed by atoms with Crippen LogP contribution in [-0.2, 0) is 6.54 Å². The average Bonchev–Trinajstić information content (AvgIpc) is 2.86. The number of ether oxygens (including phenoxy) is 3. The van der Waals surface area contributed by atoms with Crippen LogP contribution < -0.4 is 25.3 Å². The molecule has 0 aliphatic carbocycles. The zero-order valence-electron chi connectivity index (χ0n) is 14.3. The Balaban J connectivity index is 0.00000243. The molecule has 3 rings (SSSR count). The second-order valence-corrected chi connectivity index (χ2v) is 5.92. The molecular weight excluding hydrogens is 469 g/mol. The molecule has 140 valence electrons. The molecule has 0 bridgehead atoms. The van der Waals surface area contributed by atoms with Gasteiger partial charge in [0.25, 0.3) is 0 Å². The van der Waals surface area contributed by atoms with Gasteiger partial charge >= 0.3 is 0 Å². The lowest BCUT2D eigenvalue weighted by atomic mass is 10.2. The third-order valence-electron chi connectivity index (χ3n) is 3.66. The molecule has 3 N–H and O–H groups in total. The van der Waals surface area contributed by atoms with Crippen LogP contribution in [0.2, 0.25) is 5.02 Å². The van der Waals surface area contributed by atoms with Crippen molar-refractivity contribution in [2.45, 2.75) is 13.0 Å². The van der Waals surface area contributed by atoms with E-state index >= 15 is 0 Å². The summed E-state index contributed by atoms with van der Waals surface area (Å²) in [7, 11) is 1.62. The Bertz CT molecular complexity index is 769. The molecule has 0 atom stereocenters. The Morgan fingerprint density at radius 1 is 1.23 bits per heavy atom. The summed E-state index contributed by atoms with van der Waals surface area (Å²) in [4.78, 5) is 4.34. The van der Waals surface area contributed by atoms with E-state index in [2.05, 4.69) is 10.3 Å². The fourth-order valence-corrected chi connectivity index (χ4v) is 2.70. The molecule has 26 heavy (non-hydrogen) atoms. The number of aliphatic imine (C=N–C) groups is 1. The van der Waals surface area contributed by atoms with Gasteiger partial charge in [-0.1, -0.05) is 11.6 Å². The van der Waals surface area contributed by atoms with Crippen LogP contribution in [0, 0.1) is 0 Å². The van der Waals surface area contributed by atoms with Crippen molar-refractivity contribution in [2.75, 3.05) is 25.6 Å². The van der Waals surface area contributed by atoms with E-state index in [9.17, 15) is 0 Å². The minimum atomic E-state index is 0. The molecule has 6 nitrogen and oxygen atoms in total. The van der Waals surface area contributed by atoms with Crippen molar-refractivity contribution < 1.29 is 14.2 Å². The number of fused-ring (bicyclic) bond motifs is 1. The number of hydrogen-bond acceptors (Lipinski definition) is 4. The van der Waals surface area contributed by atoms with Crippen molar-refractivity contribution in [2.24, 2.45) is 10.7 Å². The van der Waals surface area contributed by atoms with Gasteiger partial charge < -0.3 is 25.3 Å². The van der Waals surface area contributed by atoms with Gasteiger partial charge in [-0.15, -0.1) is 24.0 Å². The number of anilines is 1. The van der Waals surface area contributed by atoms with Crippen LogP contribution in [0.4, 0.5) is 5.69 Å². The first-order valence-electron chi connectivity index (χ1n) is 7.95. The zero-order valence-corrected chi connectivity index (χ0v) is 17.4. The number of methoxy groups -OCH3 is 1. The van der Waals surface area contributed by atoms with Crippen molar-refractivity contribution in [3.05, 3.63) is 47.0 Å². The SMILES string of the molecule is COc1ccc(NC(N)=NCc2cc(Cl)c3c(c2)OCCCO3)cc1.I. The van der Waals surface area contributed by atoms with E-state index < -0.39 is 0 Å². The summed E-state index contributed by atoms with van der Waals surface area (Å²) in [5.74, 6) is 2.34. The minimum Gasteiger partial charge on any atom is -0.497 e. The fraction of sp³-hybridized carbons (Fsp3) is 0.278. The molecule has 0 unspecified atom stereocenters. The molecular formula is C18H21ClIN3O3. The molecule has 0 spiro atoms. The normalized spacial score (nSPS) is 13.4. The van der Waals surface area contributed by atoms with Gasteiger partial charge in [-0.2, -0.15) is 0 Å². The Hall–Kier alpha value is -1.87. The van der Waals surface area contributed by atoms with Gasteiger partial charge in [0.15, 0.2) is 17.5 Å². The van der Waals surface area contributed by atoms with Gasteiger partial charge in [0.05, 0.1) is 31.9 Å². The summed E-state index contributed by atoms with van der Waals surface area (Å²) >= 11 is 6.28. The van der Waals surface area contributed by atoms with E-state index in [0.717, 1.165) is 23.4 Å². The van der Waals surface area contributed by atoms with Crippen LogP contribution in [0.15, 0.2) is 41.4 Å². The Morgan fingerprint density at radius 3 is 2.69 bits per heavy atom.